The molecular formula is C22H34O3. The van der Waals surface area contributed by atoms with E-state index in [4.69, 9.17) is 9.47 Å². The number of hydrogen-bond donors (Lipinski definition) is 0. The van der Waals surface area contributed by atoms with Gasteiger partial charge in [-0.05, 0) is 55.3 Å². The van der Waals surface area contributed by atoms with E-state index in [0.29, 0.717) is 35.4 Å². The summed E-state index contributed by atoms with van der Waals surface area (Å²) in [4.78, 5) is 12.7. The molecule has 140 valence electrons. The Morgan fingerprint density at radius 1 is 1.08 bits per heavy atom. The highest BCUT2D eigenvalue weighted by molar-refractivity contribution is 5.87. The summed E-state index contributed by atoms with van der Waals surface area (Å²) in [6.45, 7) is 7.11. The van der Waals surface area contributed by atoms with Gasteiger partial charge in [-0.2, -0.15) is 0 Å². The number of methoxy groups -OCH3 is 2. The van der Waals surface area contributed by atoms with E-state index in [9.17, 15) is 4.79 Å². The molecule has 3 nitrogen and oxygen atoms in total. The first-order valence-electron chi connectivity index (χ1n) is 10.2. The van der Waals surface area contributed by atoms with Crippen molar-refractivity contribution in [2.75, 3.05) is 14.2 Å². The zero-order valence-corrected chi connectivity index (χ0v) is 16.6. The van der Waals surface area contributed by atoms with Crippen molar-refractivity contribution >= 4 is 5.78 Å². The van der Waals surface area contributed by atoms with Gasteiger partial charge in [-0.3, -0.25) is 4.79 Å². The average molecular weight is 347 g/mol. The lowest BCUT2D eigenvalue weighted by Gasteiger charge is -2.56. The van der Waals surface area contributed by atoms with E-state index < -0.39 is 5.79 Å². The van der Waals surface area contributed by atoms with Gasteiger partial charge >= 0.3 is 0 Å². The molecule has 25 heavy (non-hydrogen) atoms. The largest absolute Gasteiger partial charge is 0.353 e. The van der Waals surface area contributed by atoms with Crippen LogP contribution in [0.4, 0.5) is 0 Å². The van der Waals surface area contributed by atoms with E-state index in [2.05, 4.69) is 20.8 Å². The molecule has 0 aromatic rings. The summed E-state index contributed by atoms with van der Waals surface area (Å²) < 4.78 is 11.5. The van der Waals surface area contributed by atoms with Crippen molar-refractivity contribution in [2.45, 2.75) is 71.5 Å². The molecule has 4 aliphatic rings. The van der Waals surface area contributed by atoms with Crippen LogP contribution in [0, 0.1) is 35.0 Å². The molecule has 6 atom stereocenters. The second-order valence-corrected chi connectivity index (χ2v) is 9.58. The van der Waals surface area contributed by atoms with Crippen molar-refractivity contribution in [3.05, 3.63) is 11.1 Å². The molecule has 0 spiro atoms. The van der Waals surface area contributed by atoms with Crippen molar-refractivity contribution in [3.63, 3.8) is 0 Å². The third-order valence-electron chi connectivity index (χ3n) is 8.46. The van der Waals surface area contributed by atoms with Crippen molar-refractivity contribution < 1.29 is 14.3 Å². The van der Waals surface area contributed by atoms with Gasteiger partial charge in [0.2, 0.25) is 0 Å². The zero-order valence-electron chi connectivity index (χ0n) is 16.6. The van der Waals surface area contributed by atoms with Gasteiger partial charge in [0, 0.05) is 38.9 Å². The number of hydrogen-bond acceptors (Lipinski definition) is 3. The Kier molecular flexibility index (Phi) is 4.20. The zero-order chi connectivity index (χ0) is 18.0. The van der Waals surface area contributed by atoms with Crippen molar-refractivity contribution in [1.29, 1.82) is 0 Å². The Hall–Kier alpha value is -0.670. The SMILES string of the molecule is COC1(OC)CCC2=C(C[C@@H](C)C3C2[C@@H](C)C[C@]2(C)C(=O)CCC32)C1. The van der Waals surface area contributed by atoms with E-state index in [0.717, 1.165) is 38.5 Å². The second kappa shape index (κ2) is 5.92. The first-order chi connectivity index (χ1) is 11.8. The predicted molar refractivity (Wildman–Crippen MR) is 98.0 cm³/mol. The number of rotatable bonds is 2. The number of ether oxygens (including phenoxy) is 2. The molecule has 3 unspecified atom stereocenters. The third kappa shape index (κ3) is 2.41. The Bertz CT molecular complexity index is 602. The fourth-order valence-corrected chi connectivity index (χ4v) is 7.32. The number of carbonyl (C=O) groups is 1. The summed E-state index contributed by atoms with van der Waals surface area (Å²) in [6.07, 6.45) is 7.18. The average Bonchev–Trinajstić information content (AvgIpc) is 2.88. The molecule has 0 aliphatic heterocycles. The highest BCUT2D eigenvalue weighted by Crippen LogP contribution is 2.63. The fraction of sp³-hybridized carbons (Fsp3) is 0.864. The highest BCUT2D eigenvalue weighted by atomic mass is 16.7. The Morgan fingerprint density at radius 2 is 1.80 bits per heavy atom. The van der Waals surface area contributed by atoms with E-state index in [1.54, 1.807) is 25.4 Å². The van der Waals surface area contributed by atoms with Gasteiger partial charge < -0.3 is 9.47 Å². The van der Waals surface area contributed by atoms with Crippen LogP contribution in [0.25, 0.3) is 0 Å². The summed E-state index contributed by atoms with van der Waals surface area (Å²) >= 11 is 0. The van der Waals surface area contributed by atoms with Crippen molar-refractivity contribution in [2.24, 2.45) is 35.0 Å². The molecular weight excluding hydrogens is 312 g/mol. The third-order valence-corrected chi connectivity index (χ3v) is 8.46. The normalized spacial score (nSPS) is 45.8. The molecule has 0 aromatic carbocycles. The lowest BCUT2D eigenvalue weighted by molar-refractivity contribution is -0.214. The van der Waals surface area contributed by atoms with Crippen LogP contribution < -0.4 is 0 Å². The maximum absolute atomic E-state index is 12.7. The van der Waals surface area contributed by atoms with Crippen molar-refractivity contribution in [1.82, 2.24) is 0 Å². The maximum Gasteiger partial charge on any atom is 0.171 e. The van der Waals surface area contributed by atoms with Crippen LogP contribution in [0.1, 0.15) is 65.7 Å². The molecule has 0 saturated heterocycles. The van der Waals surface area contributed by atoms with Gasteiger partial charge in [0.05, 0.1) is 0 Å². The number of Topliss-reactive ketones (excluding diaryl/α,β-unsaturated/α-hetero) is 1. The van der Waals surface area contributed by atoms with Crippen LogP contribution in [0.5, 0.6) is 0 Å². The standard InChI is InChI=1S/C22H34O3/c1-13-10-15-12-22(24-4,25-5)9-8-16(15)19-14(2)11-21(3)17(20(13)19)6-7-18(21)23/h13-14,17,19-20H,6-12H2,1-5H3/t13-,14+,17?,19?,20?,21+/m1/s1. The molecule has 0 amide bonds. The minimum atomic E-state index is -0.416. The van der Waals surface area contributed by atoms with Gasteiger partial charge in [-0.25, -0.2) is 0 Å². The highest BCUT2D eigenvalue weighted by Gasteiger charge is 2.59. The number of fused-ring (bicyclic) bond motifs is 4. The van der Waals surface area contributed by atoms with Crippen LogP contribution in [-0.2, 0) is 14.3 Å². The minimum Gasteiger partial charge on any atom is -0.353 e. The van der Waals surface area contributed by atoms with E-state index in [-0.39, 0.29) is 5.41 Å². The lowest BCUT2D eigenvalue weighted by atomic mass is 9.49. The summed E-state index contributed by atoms with van der Waals surface area (Å²) in [5.41, 5.74) is 3.26. The summed E-state index contributed by atoms with van der Waals surface area (Å²) in [5.74, 6) is 3.36. The quantitative estimate of drug-likeness (QED) is 0.534. The Morgan fingerprint density at radius 3 is 2.48 bits per heavy atom. The fourth-order valence-electron chi connectivity index (χ4n) is 7.32. The molecule has 0 bridgehead atoms. The molecule has 4 rings (SSSR count). The van der Waals surface area contributed by atoms with Gasteiger partial charge in [0.1, 0.15) is 5.78 Å². The second-order valence-electron chi connectivity index (χ2n) is 9.58. The molecule has 3 heteroatoms. The molecule has 0 radical (unpaired) electrons. The minimum absolute atomic E-state index is 0.0512. The topological polar surface area (TPSA) is 35.5 Å². The van der Waals surface area contributed by atoms with E-state index in [1.165, 1.54) is 6.42 Å². The molecule has 4 aliphatic carbocycles. The maximum atomic E-state index is 12.7. The van der Waals surface area contributed by atoms with Crippen LogP contribution in [0.3, 0.4) is 0 Å². The van der Waals surface area contributed by atoms with Gasteiger partial charge in [0.25, 0.3) is 0 Å². The first-order valence-corrected chi connectivity index (χ1v) is 10.2. The smallest absolute Gasteiger partial charge is 0.171 e. The van der Waals surface area contributed by atoms with E-state index >= 15 is 0 Å². The van der Waals surface area contributed by atoms with Crippen LogP contribution >= 0.6 is 0 Å². The van der Waals surface area contributed by atoms with Crippen molar-refractivity contribution in [3.8, 4) is 0 Å². The van der Waals surface area contributed by atoms with Crippen LogP contribution in [0.2, 0.25) is 0 Å². The number of ketones is 1. The van der Waals surface area contributed by atoms with Gasteiger partial charge in [0.15, 0.2) is 5.79 Å². The Labute approximate surface area is 152 Å². The number of allylic oxidation sites excluding steroid dienone is 1. The van der Waals surface area contributed by atoms with Crippen LogP contribution in [0.15, 0.2) is 11.1 Å². The summed E-state index contributed by atoms with van der Waals surface area (Å²) in [6, 6.07) is 0. The summed E-state index contributed by atoms with van der Waals surface area (Å²) in [7, 11) is 3.56. The number of carbonyl (C=O) groups excluding carboxylic acids is 1. The van der Waals surface area contributed by atoms with Gasteiger partial charge in [-0.1, -0.05) is 31.9 Å². The molecule has 2 fully saturated rings. The lowest BCUT2D eigenvalue weighted by Crippen LogP contribution is -2.51. The predicted octanol–water partition coefficient (Wildman–Crippen LogP) is 4.75. The van der Waals surface area contributed by atoms with Crippen LogP contribution in [-0.4, -0.2) is 25.8 Å². The Balaban J connectivity index is 1.71. The molecule has 0 N–H and O–H groups in total. The van der Waals surface area contributed by atoms with E-state index in [1.807, 2.05) is 0 Å². The monoisotopic (exact) mass is 346 g/mol. The molecule has 0 aromatic heterocycles. The van der Waals surface area contributed by atoms with Gasteiger partial charge in [-0.15, -0.1) is 0 Å². The first kappa shape index (κ1) is 17.7. The molecule has 0 heterocycles. The summed E-state index contributed by atoms with van der Waals surface area (Å²) in [5, 5.41) is 0. The molecule has 2 saturated carbocycles.